The maximum Gasteiger partial charge on any atom is 0.253 e. The van der Waals surface area contributed by atoms with E-state index in [1.54, 1.807) is 25.2 Å². The Bertz CT molecular complexity index is 757. The molecule has 128 valence electrons. The van der Waals surface area contributed by atoms with Crippen molar-refractivity contribution >= 4 is 22.8 Å². The summed E-state index contributed by atoms with van der Waals surface area (Å²) in [5.41, 5.74) is 0.954. The van der Waals surface area contributed by atoms with Crippen LogP contribution in [0.1, 0.15) is 13.3 Å². The van der Waals surface area contributed by atoms with E-state index in [1.165, 1.54) is 0 Å². The number of rotatable bonds is 4. The maximum absolute atomic E-state index is 12.5. The number of likely N-dealkylation sites (N-methyl/N-ethyl adjacent to an activating group) is 1. The third kappa shape index (κ3) is 3.12. The number of aromatic nitrogens is 2. The van der Waals surface area contributed by atoms with Crippen molar-refractivity contribution in [3.8, 4) is 0 Å². The van der Waals surface area contributed by atoms with Crippen molar-refractivity contribution in [1.82, 2.24) is 19.8 Å². The van der Waals surface area contributed by atoms with E-state index in [0.29, 0.717) is 26.1 Å². The van der Waals surface area contributed by atoms with Crippen LogP contribution in [0.15, 0.2) is 30.6 Å². The van der Waals surface area contributed by atoms with Crippen LogP contribution in [0.3, 0.4) is 0 Å². The average Bonchev–Trinajstić information content (AvgIpc) is 3.02. The van der Waals surface area contributed by atoms with Gasteiger partial charge in [0.05, 0.1) is 30.5 Å². The number of nitrogens with one attached hydrogen (secondary N) is 1. The number of aryl methyl sites for hydroxylation is 1. The molecule has 2 heterocycles. The summed E-state index contributed by atoms with van der Waals surface area (Å²) >= 11 is 0. The summed E-state index contributed by atoms with van der Waals surface area (Å²) in [6.07, 6.45) is 2.12. The molecule has 1 aliphatic rings. The minimum atomic E-state index is -0.982. The van der Waals surface area contributed by atoms with Crippen LogP contribution in [0.2, 0.25) is 0 Å². The number of para-hydroxylation sites is 2. The number of benzene rings is 1. The number of hydrogen-bond donors (Lipinski definition) is 1. The lowest BCUT2D eigenvalue weighted by Crippen LogP contribution is -2.58. The highest BCUT2D eigenvalue weighted by Crippen LogP contribution is 2.19. The summed E-state index contributed by atoms with van der Waals surface area (Å²) in [6, 6.07) is 7.84. The number of morpholine rings is 1. The van der Waals surface area contributed by atoms with Crippen LogP contribution in [0.5, 0.6) is 0 Å². The number of nitrogens with zero attached hydrogens (tertiary/aromatic N) is 3. The highest BCUT2D eigenvalue weighted by Gasteiger charge is 2.39. The maximum atomic E-state index is 12.5. The minimum absolute atomic E-state index is 0.0196. The molecule has 0 saturated carbocycles. The van der Waals surface area contributed by atoms with Gasteiger partial charge in [0, 0.05) is 26.6 Å². The van der Waals surface area contributed by atoms with Crippen molar-refractivity contribution in [1.29, 1.82) is 0 Å². The Morgan fingerprint density at radius 1 is 1.38 bits per heavy atom. The molecule has 2 amide bonds. The molecule has 1 atom stereocenters. The molecule has 24 heavy (non-hydrogen) atoms. The zero-order valence-corrected chi connectivity index (χ0v) is 14.0. The van der Waals surface area contributed by atoms with E-state index in [2.05, 4.69) is 10.3 Å². The first-order valence-corrected chi connectivity index (χ1v) is 8.07. The predicted molar refractivity (Wildman–Crippen MR) is 89.4 cm³/mol. The van der Waals surface area contributed by atoms with Gasteiger partial charge < -0.3 is 19.5 Å². The molecule has 1 unspecified atom stereocenters. The van der Waals surface area contributed by atoms with Gasteiger partial charge in [-0.1, -0.05) is 12.1 Å². The summed E-state index contributed by atoms with van der Waals surface area (Å²) in [7, 11) is 1.57. The molecule has 1 aromatic heterocycles. The summed E-state index contributed by atoms with van der Waals surface area (Å²) in [4.78, 5) is 30.5. The largest absolute Gasteiger partial charge is 0.362 e. The number of imidazole rings is 1. The molecule has 1 aromatic carbocycles. The Morgan fingerprint density at radius 3 is 2.96 bits per heavy atom. The van der Waals surface area contributed by atoms with E-state index in [0.717, 1.165) is 11.0 Å². The Morgan fingerprint density at radius 2 is 2.17 bits per heavy atom. The number of fused-ring (bicyclic) bond motifs is 1. The lowest BCUT2D eigenvalue weighted by molar-refractivity contribution is -0.162. The fraction of sp³-hybridized carbons (Fsp3) is 0.471. The fourth-order valence-corrected chi connectivity index (χ4v) is 3.05. The van der Waals surface area contributed by atoms with Crippen molar-refractivity contribution in [2.24, 2.45) is 0 Å². The molecule has 7 nitrogen and oxygen atoms in total. The molecule has 0 bridgehead atoms. The second kappa shape index (κ2) is 6.60. The van der Waals surface area contributed by atoms with E-state index in [1.807, 2.05) is 28.8 Å². The van der Waals surface area contributed by atoms with Crippen molar-refractivity contribution in [3.05, 3.63) is 30.6 Å². The first kappa shape index (κ1) is 16.4. The molecular formula is C17H22N4O3. The van der Waals surface area contributed by atoms with E-state index >= 15 is 0 Å². The molecule has 2 aromatic rings. The van der Waals surface area contributed by atoms with Crippen molar-refractivity contribution in [2.75, 3.05) is 26.7 Å². The van der Waals surface area contributed by atoms with Gasteiger partial charge in [0.15, 0.2) is 5.60 Å². The lowest BCUT2D eigenvalue weighted by atomic mass is 10.0. The molecule has 1 N–H and O–H groups in total. The summed E-state index contributed by atoms with van der Waals surface area (Å²) in [6.45, 7) is 3.43. The molecule has 0 aliphatic carbocycles. The predicted octanol–water partition coefficient (Wildman–Crippen LogP) is 0.790. The lowest BCUT2D eigenvalue weighted by Gasteiger charge is -2.39. The Hall–Kier alpha value is -2.41. The summed E-state index contributed by atoms with van der Waals surface area (Å²) < 4.78 is 7.56. The van der Waals surface area contributed by atoms with Gasteiger partial charge in [0.25, 0.3) is 5.91 Å². The molecule has 1 aliphatic heterocycles. The fourth-order valence-electron chi connectivity index (χ4n) is 3.05. The van der Waals surface area contributed by atoms with Gasteiger partial charge >= 0.3 is 0 Å². The third-order valence-electron chi connectivity index (χ3n) is 4.43. The summed E-state index contributed by atoms with van der Waals surface area (Å²) in [5, 5.41) is 2.59. The minimum Gasteiger partial charge on any atom is -0.362 e. The second-order valence-electron chi connectivity index (χ2n) is 6.15. The summed E-state index contributed by atoms with van der Waals surface area (Å²) in [5.74, 6) is -0.188. The van der Waals surface area contributed by atoms with Crippen LogP contribution in [-0.4, -0.2) is 58.6 Å². The van der Waals surface area contributed by atoms with Crippen LogP contribution in [0.4, 0.5) is 0 Å². The Kier molecular flexibility index (Phi) is 4.53. The number of ether oxygens (including phenoxy) is 1. The molecule has 1 fully saturated rings. The van der Waals surface area contributed by atoms with Crippen LogP contribution >= 0.6 is 0 Å². The quantitative estimate of drug-likeness (QED) is 0.899. The highest BCUT2D eigenvalue weighted by molar-refractivity contribution is 5.86. The van der Waals surface area contributed by atoms with Crippen LogP contribution < -0.4 is 5.32 Å². The third-order valence-corrected chi connectivity index (χ3v) is 4.43. The van der Waals surface area contributed by atoms with Crippen molar-refractivity contribution in [2.45, 2.75) is 25.5 Å². The van der Waals surface area contributed by atoms with Gasteiger partial charge in [-0.2, -0.15) is 0 Å². The van der Waals surface area contributed by atoms with Gasteiger partial charge in [0.2, 0.25) is 5.91 Å². The number of carbonyl (C=O) groups is 2. The van der Waals surface area contributed by atoms with Gasteiger partial charge in [-0.05, 0) is 19.1 Å². The Labute approximate surface area is 140 Å². The first-order chi connectivity index (χ1) is 11.5. The molecule has 0 radical (unpaired) electrons. The average molecular weight is 330 g/mol. The van der Waals surface area contributed by atoms with Gasteiger partial charge in [-0.3, -0.25) is 9.59 Å². The smallest absolute Gasteiger partial charge is 0.253 e. The van der Waals surface area contributed by atoms with E-state index in [-0.39, 0.29) is 18.4 Å². The number of amides is 2. The van der Waals surface area contributed by atoms with Crippen LogP contribution in [0.25, 0.3) is 11.0 Å². The molecule has 0 spiro atoms. The molecule has 1 saturated heterocycles. The monoisotopic (exact) mass is 330 g/mol. The number of carbonyl (C=O) groups excluding carboxylic acids is 2. The normalized spacial score (nSPS) is 21.0. The first-order valence-electron chi connectivity index (χ1n) is 8.07. The molecule has 7 heteroatoms. The zero-order valence-electron chi connectivity index (χ0n) is 14.0. The SMILES string of the molecule is CNC(=O)C1(C)CN(C(=O)CCn2cnc3ccccc32)CCO1. The second-order valence-corrected chi connectivity index (χ2v) is 6.15. The Balaban J connectivity index is 1.63. The van der Waals surface area contributed by atoms with Crippen molar-refractivity contribution in [3.63, 3.8) is 0 Å². The van der Waals surface area contributed by atoms with E-state index in [4.69, 9.17) is 4.74 Å². The zero-order chi connectivity index (χ0) is 17.2. The standard InChI is InChI=1S/C17H22N4O3/c1-17(16(23)18-2)11-20(9-10-24-17)15(22)7-8-21-12-19-13-5-3-4-6-14(13)21/h3-6,12H,7-11H2,1-2H3,(H,18,23). The van der Waals surface area contributed by atoms with Gasteiger partial charge in [0.1, 0.15) is 0 Å². The van der Waals surface area contributed by atoms with E-state index < -0.39 is 5.60 Å². The number of hydrogen-bond acceptors (Lipinski definition) is 4. The van der Waals surface area contributed by atoms with E-state index in [9.17, 15) is 9.59 Å². The van der Waals surface area contributed by atoms with Crippen LogP contribution in [-0.2, 0) is 20.9 Å². The topological polar surface area (TPSA) is 76.5 Å². The molecular weight excluding hydrogens is 308 g/mol. The van der Waals surface area contributed by atoms with Crippen molar-refractivity contribution < 1.29 is 14.3 Å². The molecule has 3 rings (SSSR count). The highest BCUT2D eigenvalue weighted by atomic mass is 16.5. The van der Waals surface area contributed by atoms with Crippen LogP contribution in [0, 0.1) is 0 Å². The van der Waals surface area contributed by atoms with Gasteiger partial charge in [-0.25, -0.2) is 4.98 Å². The van der Waals surface area contributed by atoms with Gasteiger partial charge in [-0.15, -0.1) is 0 Å².